The zero-order valence-electron chi connectivity index (χ0n) is 11.1. The number of amides is 1. The molecule has 0 saturated carbocycles. The number of halogens is 1. The minimum atomic E-state index is 0.0625. The van der Waals surface area contributed by atoms with Gasteiger partial charge in [0.15, 0.2) is 0 Å². The molecule has 4 rings (SSSR count). The second-order valence-corrected chi connectivity index (χ2v) is 6.53. The quantitative estimate of drug-likeness (QED) is 0.747. The molecule has 3 aromatic rings. The minimum absolute atomic E-state index is 0.0625. The van der Waals surface area contributed by atoms with E-state index in [2.05, 4.69) is 9.97 Å². The van der Waals surface area contributed by atoms with E-state index < -0.39 is 0 Å². The summed E-state index contributed by atoms with van der Waals surface area (Å²) in [6.45, 7) is 1.30. The molecule has 0 saturated heterocycles. The number of thiophene rings is 1. The van der Waals surface area contributed by atoms with Crippen LogP contribution in [0, 0.1) is 0 Å². The molecule has 106 valence electrons. The molecule has 6 heteroatoms. The third-order valence-electron chi connectivity index (χ3n) is 3.77. The number of rotatable bonds is 1. The van der Waals surface area contributed by atoms with Crippen LogP contribution in [0.5, 0.6) is 0 Å². The molecule has 2 aromatic heterocycles. The second kappa shape index (κ2) is 4.86. The van der Waals surface area contributed by atoms with Gasteiger partial charge in [0.2, 0.25) is 0 Å². The molecule has 1 aliphatic heterocycles. The van der Waals surface area contributed by atoms with Gasteiger partial charge in [0, 0.05) is 13.0 Å². The van der Waals surface area contributed by atoms with Crippen LogP contribution in [0.3, 0.4) is 0 Å². The highest BCUT2D eigenvalue weighted by Gasteiger charge is 2.24. The normalized spacial score (nSPS) is 14.4. The van der Waals surface area contributed by atoms with Gasteiger partial charge in [-0.1, -0.05) is 23.7 Å². The van der Waals surface area contributed by atoms with Crippen LogP contribution >= 0.6 is 22.9 Å². The van der Waals surface area contributed by atoms with Crippen LogP contribution in [0.25, 0.3) is 10.1 Å². The van der Waals surface area contributed by atoms with E-state index in [9.17, 15) is 4.79 Å². The van der Waals surface area contributed by atoms with Crippen LogP contribution in [-0.2, 0) is 13.0 Å². The average Bonchev–Trinajstić information content (AvgIpc) is 3.12. The van der Waals surface area contributed by atoms with Crippen LogP contribution in [0.2, 0.25) is 5.02 Å². The topological polar surface area (TPSA) is 49.0 Å². The summed E-state index contributed by atoms with van der Waals surface area (Å²) in [7, 11) is 0. The smallest absolute Gasteiger partial charge is 0.264 e. The fraction of sp³-hybridized carbons (Fsp3) is 0.200. The van der Waals surface area contributed by atoms with Gasteiger partial charge in [-0.05, 0) is 17.5 Å². The lowest BCUT2D eigenvalue weighted by Gasteiger charge is -2.25. The number of aromatic amines is 1. The van der Waals surface area contributed by atoms with Gasteiger partial charge in [-0.25, -0.2) is 4.98 Å². The van der Waals surface area contributed by atoms with Crippen LogP contribution in [0.15, 0.2) is 30.6 Å². The summed E-state index contributed by atoms with van der Waals surface area (Å²) in [5, 5.41) is 1.72. The predicted molar refractivity (Wildman–Crippen MR) is 83.9 cm³/mol. The van der Waals surface area contributed by atoms with Gasteiger partial charge in [0.05, 0.1) is 38.9 Å². The predicted octanol–water partition coefficient (Wildman–Crippen LogP) is 3.48. The highest BCUT2D eigenvalue weighted by atomic mass is 35.5. The Labute approximate surface area is 130 Å². The molecule has 0 spiro atoms. The number of hydrogen-bond acceptors (Lipinski definition) is 3. The van der Waals surface area contributed by atoms with E-state index in [1.54, 1.807) is 6.33 Å². The molecule has 1 aliphatic rings. The van der Waals surface area contributed by atoms with Crippen LogP contribution in [0.4, 0.5) is 0 Å². The van der Waals surface area contributed by atoms with Gasteiger partial charge in [0.1, 0.15) is 0 Å². The van der Waals surface area contributed by atoms with E-state index in [4.69, 9.17) is 11.6 Å². The van der Waals surface area contributed by atoms with E-state index in [0.717, 1.165) is 32.8 Å². The first-order valence-corrected chi connectivity index (χ1v) is 7.90. The number of nitrogens with zero attached hydrogens (tertiary/aromatic N) is 2. The Balaban J connectivity index is 1.66. The van der Waals surface area contributed by atoms with Crippen molar-refractivity contribution >= 4 is 38.9 Å². The maximum Gasteiger partial charge on any atom is 0.264 e. The number of aromatic nitrogens is 2. The summed E-state index contributed by atoms with van der Waals surface area (Å²) in [5.41, 5.74) is 2.10. The fourth-order valence-electron chi connectivity index (χ4n) is 2.67. The molecule has 21 heavy (non-hydrogen) atoms. The Morgan fingerprint density at radius 2 is 2.33 bits per heavy atom. The Hall–Kier alpha value is -1.85. The molecule has 1 aromatic carbocycles. The lowest BCUT2D eigenvalue weighted by molar-refractivity contribution is 0.0737. The summed E-state index contributed by atoms with van der Waals surface area (Å²) in [6, 6.07) is 7.67. The Morgan fingerprint density at radius 1 is 1.43 bits per heavy atom. The van der Waals surface area contributed by atoms with Crippen LogP contribution in [0.1, 0.15) is 21.1 Å². The van der Waals surface area contributed by atoms with Crippen molar-refractivity contribution in [3.8, 4) is 0 Å². The van der Waals surface area contributed by atoms with Gasteiger partial charge in [-0.15, -0.1) is 11.3 Å². The van der Waals surface area contributed by atoms with E-state index in [-0.39, 0.29) is 5.91 Å². The number of carbonyl (C=O) groups excluding carboxylic acids is 1. The van der Waals surface area contributed by atoms with E-state index in [0.29, 0.717) is 18.1 Å². The van der Waals surface area contributed by atoms with Gasteiger partial charge in [-0.3, -0.25) is 4.79 Å². The summed E-state index contributed by atoms with van der Waals surface area (Å²) in [4.78, 5) is 22.6. The number of carbonyl (C=O) groups is 1. The van der Waals surface area contributed by atoms with E-state index in [1.165, 1.54) is 11.3 Å². The van der Waals surface area contributed by atoms with Gasteiger partial charge < -0.3 is 9.88 Å². The first-order valence-electron chi connectivity index (χ1n) is 6.71. The number of hydrogen-bond donors (Lipinski definition) is 1. The maximum absolute atomic E-state index is 12.7. The lowest BCUT2D eigenvalue weighted by atomic mass is 10.1. The molecular formula is C15H12ClN3OS. The first-order chi connectivity index (χ1) is 10.2. The molecule has 4 nitrogen and oxygen atoms in total. The maximum atomic E-state index is 12.7. The van der Waals surface area contributed by atoms with Crippen LogP contribution in [-0.4, -0.2) is 27.3 Å². The van der Waals surface area contributed by atoms with Crippen molar-refractivity contribution in [3.05, 3.63) is 51.9 Å². The minimum Gasteiger partial charge on any atom is -0.347 e. The summed E-state index contributed by atoms with van der Waals surface area (Å²) < 4.78 is 0.974. The molecule has 0 fully saturated rings. The number of H-pyrrole nitrogens is 1. The van der Waals surface area contributed by atoms with Gasteiger partial charge in [0.25, 0.3) is 5.91 Å². The SMILES string of the molecule is O=C(c1cc2cccc(Cl)c2s1)N1CCc2nc[nH]c2C1. The summed E-state index contributed by atoms with van der Waals surface area (Å²) in [6.07, 6.45) is 2.49. The van der Waals surface area contributed by atoms with E-state index >= 15 is 0 Å². The largest absolute Gasteiger partial charge is 0.347 e. The Morgan fingerprint density at radius 3 is 3.19 bits per heavy atom. The Kier molecular flexibility index (Phi) is 2.97. The van der Waals surface area contributed by atoms with Gasteiger partial charge in [-0.2, -0.15) is 0 Å². The first kappa shape index (κ1) is 12.9. The van der Waals surface area contributed by atoms with Crippen molar-refractivity contribution in [2.45, 2.75) is 13.0 Å². The average molecular weight is 318 g/mol. The molecule has 0 radical (unpaired) electrons. The summed E-state index contributed by atoms with van der Waals surface area (Å²) in [5.74, 6) is 0.0625. The molecule has 1 amide bonds. The molecule has 3 heterocycles. The van der Waals surface area contributed by atoms with Crippen molar-refractivity contribution in [2.24, 2.45) is 0 Å². The lowest BCUT2D eigenvalue weighted by Crippen LogP contribution is -2.35. The second-order valence-electron chi connectivity index (χ2n) is 5.07. The Bertz CT molecular complexity index is 838. The van der Waals surface area contributed by atoms with Crippen molar-refractivity contribution < 1.29 is 4.79 Å². The molecule has 0 aliphatic carbocycles. The number of benzene rings is 1. The molecule has 0 atom stereocenters. The molecule has 1 N–H and O–H groups in total. The van der Waals surface area contributed by atoms with Crippen molar-refractivity contribution in [2.75, 3.05) is 6.54 Å². The van der Waals surface area contributed by atoms with E-state index in [1.807, 2.05) is 29.2 Å². The fourth-order valence-corrected chi connectivity index (χ4v) is 4.00. The molecular weight excluding hydrogens is 306 g/mol. The van der Waals surface area contributed by atoms with Crippen LogP contribution < -0.4 is 0 Å². The summed E-state index contributed by atoms with van der Waals surface area (Å²) >= 11 is 7.65. The number of fused-ring (bicyclic) bond motifs is 2. The molecule has 0 unspecified atom stereocenters. The van der Waals surface area contributed by atoms with Crippen molar-refractivity contribution in [1.82, 2.24) is 14.9 Å². The van der Waals surface area contributed by atoms with Crippen molar-refractivity contribution in [1.29, 1.82) is 0 Å². The number of imidazole rings is 1. The van der Waals surface area contributed by atoms with Gasteiger partial charge >= 0.3 is 0 Å². The molecule has 0 bridgehead atoms. The highest BCUT2D eigenvalue weighted by molar-refractivity contribution is 7.21. The standard InChI is InChI=1S/C15H12ClN3OS/c16-10-3-1-2-9-6-13(21-14(9)10)15(20)19-5-4-11-12(7-19)18-8-17-11/h1-3,6,8H,4-5,7H2,(H,17,18). The van der Waals surface area contributed by atoms with Crippen molar-refractivity contribution in [3.63, 3.8) is 0 Å². The zero-order valence-corrected chi connectivity index (χ0v) is 12.7. The third kappa shape index (κ3) is 2.13. The third-order valence-corrected chi connectivity index (χ3v) is 5.37. The highest BCUT2D eigenvalue weighted by Crippen LogP contribution is 2.32. The monoisotopic (exact) mass is 317 g/mol. The number of nitrogens with one attached hydrogen (secondary N) is 1. The zero-order chi connectivity index (χ0) is 14.4.